The lowest BCUT2D eigenvalue weighted by Crippen LogP contribution is -2.49. The van der Waals surface area contributed by atoms with Crippen molar-refractivity contribution < 1.29 is 19.1 Å². The van der Waals surface area contributed by atoms with E-state index in [-0.39, 0.29) is 30.4 Å². The second-order valence-corrected chi connectivity index (χ2v) is 7.73. The van der Waals surface area contributed by atoms with Gasteiger partial charge in [0.15, 0.2) is 0 Å². The molecule has 0 saturated carbocycles. The molecule has 0 spiro atoms. The molecule has 0 bridgehead atoms. The van der Waals surface area contributed by atoms with Gasteiger partial charge >= 0.3 is 0 Å². The lowest BCUT2D eigenvalue weighted by Gasteiger charge is -2.24. The number of β-amino-alcohol motifs (C(OH)–C–C–N with tert-alkyl or cyclic N) is 1. The molecule has 3 N–H and O–H groups in total. The molecule has 1 aliphatic heterocycles. The first kappa shape index (κ1) is 20.3. The number of rotatable bonds is 5. The highest BCUT2D eigenvalue weighted by atomic mass is 35.5. The van der Waals surface area contributed by atoms with Gasteiger partial charge in [-0.2, -0.15) is 0 Å². The van der Waals surface area contributed by atoms with E-state index in [1.807, 2.05) is 0 Å². The van der Waals surface area contributed by atoms with Crippen LogP contribution in [0.1, 0.15) is 22.5 Å². The Bertz CT molecular complexity index is 1090. The van der Waals surface area contributed by atoms with Gasteiger partial charge < -0.3 is 20.3 Å². The predicted molar refractivity (Wildman–Crippen MR) is 110 cm³/mol. The lowest BCUT2D eigenvalue weighted by atomic mass is 10.0. The van der Waals surface area contributed by atoms with Crippen LogP contribution in [0.5, 0.6) is 0 Å². The summed E-state index contributed by atoms with van der Waals surface area (Å²) in [5.41, 5.74) is 1.43. The van der Waals surface area contributed by atoms with Crippen molar-refractivity contribution in [1.29, 1.82) is 0 Å². The van der Waals surface area contributed by atoms with Crippen LogP contribution in [-0.4, -0.2) is 57.0 Å². The fourth-order valence-corrected chi connectivity index (χ4v) is 3.71. The molecule has 2 atom stereocenters. The maximum atomic E-state index is 13.2. The average Bonchev–Trinajstić information content (AvgIpc) is 3.34. The average molecular weight is 431 g/mol. The van der Waals surface area contributed by atoms with Crippen LogP contribution in [0.3, 0.4) is 0 Å². The van der Waals surface area contributed by atoms with E-state index >= 15 is 0 Å². The van der Waals surface area contributed by atoms with Crippen LogP contribution in [0.4, 0.5) is 4.39 Å². The summed E-state index contributed by atoms with van der Waals surface area (Å²) >= 11 is 5.89. The normalized spacial score (nSPS) is 17.3. The van der Waals surface area contributed by atoms with Crippen LogP contribution >= 0.6 is 11.6 Å². The Kier molecular flexibility index (Phi) is 5.69. The summed E-state index contributed by atoms with van der Waals surface area (Å²) in [6.45, 7) is 0.647. The summed E-state index contributed by atoms with van der Waals surface area (Å²) in [6.07, 6.45) is 0.125. The SMILES string of the molecule is O=C(N[C@@H](Cc1ccc(F)cc1)C(=O)N1CC[C@@H](O)C1)c1cc2ccc(Cl)nc2[nH]1. The molecule has 156 valence electrons. The lowest BCUT2D eigenvalue weighted by molar-refractivity contribution is -0.132. The molecule has 9 heteroatoms. The summed E-state index contributed by atoms with van der Waals surface area (Å²) in [6, 6.07) is 9.91. The minimum atomic E-state index is -0.865. The number of likely N-dealkylation sites (tertiary alicyclic amines) is 1. The van der Waals surface area contributed by atoms with Gasteiger partial charge in [0.25, 0.3) is 5.91 Å². The third-order valence-electron chi connectivity index (χ3n) is 5.12. The van der Waals surface area contributed by atoms with Crippen molar-refractivity contribution in [3.63, 3.8) is 0 Å². The number of pyridine rings is 1. The maximum absolute atomic E-state index is 13.2. The summed E-state index contributed by atoms with van der Waals surface area (Å²) in [5, 5.41) is 13.5. The van der Waals surface area contributed by atoms with Gasteiger partial charge in [0.05, 0.1) is 6.10 Å². The molecule has 2 aromatic heterocycles. The second-order valence-electron chi connectivity index (χ2n) is 7.34. The fraction of sp³-hybridized carbons (Fsp3) is 0.286. The Morgan fingerprint density at radius 2 is 2.07 bits per heavy atom. The number of aliphatic hydroxyl groups excluding tert-OH is 1. The van der Waals surface area contributed by atoms with Gasteiger partial charge in [-0.1, -0.05) is 23.7 Å². The Morgan fingerprint density at radius 3 is 2.77 bits per heavy atom. The van der Waals surface area contributed by atoms with Crippen molar-refractivity contribution in [2.45, 2.75) is 25.0 Å². The van der Waals surface area contributed by atoms with Crippen LogP contribution < -0.4 is 5.32 Å². The molecule has 1 aromatic carbocycles. The standard InChI is InChI=1S/C21H20ClFN4O3/c22-18-6-3-13-10-16(24-19(13)26-18)20(29)25-17(9-12-1-4-14(23)5-2-12)21(30)27-8-7-15(28)11-27/h1-6,10,15,17,28H,7-9,11H2,(H,24,26)(H,25,29)/t15-,17+/m1/s1. The Hall–Kier alpha value is -2.97. The number of benzene rings is 1. The number of nitrogens with one attached hydrogen (secondary N) is 2. The van der Waals surface area contributed by atoms with Crippen molar-refractivity contribution in [3.05, 3.63) is 64.7 Å². The van der Waals surface area contributed by atoms with Gasteiger partial charge in [-0.3, -0.25) is 9.59 Å². The zero-order chi connectivity index (χ0) is 21.3. The molecule has 3 aromatic rings. The molecule has 1 fully saturated rings. The molecule has 1 aliphatic rings. The highest BCUT2D eigenvalue weighted by molar-refractivity contribution is 6.29. The number of hydrogen-bond acceptors (Lipinski definition) is 4. The van der Waals surface area contributed by atoms with E-state index in [0.29, 0.717) is 34.7 Å². The monoisotopic (exact) mass is 430 g/mol. The van der Waals surface area contributed by atoms with E-state index in [4.69, 9.17) is 11.6 Å². The van der Waals surface area contributed by atoms with Gasteiger partial charge in [-0.15, -0.1) is 0 Å². The number of carbonyl (C=O) groups excluding carboxylic acids is 2. The Balaban J connectivity index is 1.56. The number of aromatic amines is 1. The van der Waals surface area contributed by atoms with E-state index in [1.165, 1.54) is 17.0 Å². The largest absolute Gasteiger partial charge is 0.391 e. The molecule has 7 nitrogen and oxygen atoms in total. The van der Waals surface area contributed by atoms with E-state index in [1.54, 1.807) is 30.3 Å². The second kappa shape index (κ2) is 8.41. The first-order valence-corrected chi connectivity index (χ1v) is 9.94. The van der Waals surface area contributed by atoms with Gasteiger partial charge in [-0.05, 0) is 42.3 Å². The first-order chi connectivity index (χ1) is 14.4. The van der Waals surface area contributed by atoms with Crippen molar-refractivity contribution >= 4 is 34.4 Å². The molecule has 2 amide bonds. The van der Waals surface area contributed by atoms with Gasteiger partial charge in [0.2, 0.25) is 5.91 Å². The summed E-state index contributed by atoms with van der Waals surface area (Å²) in [7, 11) is 0. The fourth-order valence-electron chi connectivity index (χ4n) is 3.56. The molecule has 3 heterocycles. The van der Waals surface area contributed by atoms with Crippen LogP contribution in [0.15, 0.2) is 42.5 Å². The van der Waals surface area contributed by atoms with Crippen LogP contribution in [-0.2, 0) is 11.2 Å². The Labute approximate surface area is 176 Å². The van der Waals surface area contributed by atoms with Gasteiger partial charge in [0.1, 0.15) is 28.4 Å². The number of nitrogens with zero attached hydrogens (tertiary/aromatic N) is 2. The highest BCUT2D eigenvalue weighted by Crippen LogP contribution is 2.18. The van der Waals surface area contributed by atoms with Crippen molar-refractivity contribution in [1.82, 2.24) is 20.2 Å². The number of amides is 2. The minimum absolute atomic E-state index is 0.196. The van der Waals surface area contributed by atoms with E-state index in [0.717, 1.165) is 0 Å². The zero-order valence-corrected chi connectivity index (χ0v) is 16.7. The summed E-state index contributed by atoms with van der Waals surface area (Å²) < 4.78 is 13.2. The number of aliphatic hydroxyl groups is 1. The topological polar surface area (TPSA) is 98.3 Å². The third-order valence-corrected chi connectivity index (χ3v) is 5.33. The molecule has 0 unspecified atom stereocenters. The quantitative estimate of drug-likeness (QED) is 0.541. The van der Waals surface area contributed by atoms with Crippen molar-refractivity contribution in [2.75, 3.05) is 13.1 Å². The van der Waals surface area contributed by atoms with E-state index in [9.17, 15) is 19.1 Å². The molecular weight excluding hydrogens is 411 g/mol. The molecule has 0 radical (unpaired) electrons. The number of fused-ring (bicyclic) bond motifs is 1. The van der Waals surface area contributed by atoms with Crippen LogP contribution in [0.2, 0.25) is 5.15 Å². The minimum Gasteiger partial charge on any atom is -0.391 e. The molecule has 0 aliphatic carbocycles. The smallest absolute Gasteiger partial charge is 0.268 e. The van der Waals surface area contributed by atoms with Crippen LogP contribution in [0.25, 0.3) is 11.0 Å². The van der Waals surface area contributed by atoms with Gasteiger partial charge in [0, 0.05) is 24.9 Å². The first-order valence-electron chi connectivity index (χ1n) is 9.56. The van der Waals surface area contributed by atoms with E-state index in [2.05, 4.69) is 15.3 Å². The Morgan fingerprint density at radius 1 is 1.30 bits per heavy atom. The molecule has 30 heavy (non-hydrogen) atoms. The predicted octanol–water partition coefficient (Wildman–Crippen LogP) is 2.29. The number of halogens is 2. The highest BCUT2D eigenvalue weighted by Gasteiger charge is 2.31. The third kappa shape index (κ3) is 4.44. The zero-order valence-electron chi connectivity index (χ0n) is 15.9. The molecular formula is C21H20ClFN4O3. The molecule has 4 rings (SSSR count). The number of carbonyl (C=O) groups is 2. The van der Waals surface area contributed by atoms with E-state index < -0.39 is 18.1 Å². The summed E-state index contributed by atoms with van der Waals surface area (Å²) in [5.74, 6) is -1.14. The van der Waals surface area contributed by atoms with Crippen LogP contribution in [0, 0.1) is 5.82 Å². The number of H-pyrrole nitrogens is 1. The maximum Gasteiger partial charge on any atom is 0.268 e. The summed E-state index contributed by atoms with van der Waals surface area (Å²) in [4.78, 5) is 34.5. The van der Waals surface area contributed by atoms with Gasteiger partial charge in [-0.25, -0.2) is 9.37 Å². The van der Waals surface area contributed by atoms with Crippen molar-refractivity contribution in [2.24, 2.45) is 0 Å². The number of aromatic nitrogens is 2. The number of hydrogen-bond donors (Lipinski definition) is 3. The van der Waals surface area contributed by atoms with Crippen molar-refractivity contribution in [3.8, 4) is 0 Å². The molecule has 1 saturated heterocycles.